The molecule has 0 atom stereocenters. The molecule has 0 aliphatic carbocycles. The molecule has 3 N–H and O–H groups in total. The van der Waals surface area contributed by atoms with Crippen LogP contribution in [0.1, 0.15) is 31.4 Å². The molecule has 1 aromatic rings. The lowest BCUT2D eigenvalue weighted by molar-refractivity contribution is 0.456. The average molecular weight is 220 g/mol. The summed E-state index contributed by atoms with van der Waals surface area (Å²) in [6.45, 7) is 8.27. The van der Waals surface area contributed by atoms with Crippen molar-refractivity contribution in [3.8, 4) is 0 Å². The Balaban J connectivity index is 2.14. The lowest BCUT2D eigenvalue weighted by atomic mass is 10.0. The monoisotopic (exact) mass is 220 g/mol. The van der Waals surface area contributed by atoms with Crippen molar-refractivity contribution in [3.63, 3.8) is 0 Å². The maximum Gasteiger partial charge on any atom is 0.0109 e. The second kappa shape index (κ2) is 6.02. The predicted molar refractivity (Wildman–Crippen MR) is 70.6 cm³/mol. The van der Waals surface area contributed by atoms with Gasteiger partial charge in [-0.05, 0) is 52.3 Å². The van der Waals surface area contributed by atoms with Gasteiger partial charge in [0.1, 0.15) is 0 Å². The lowest BCUT2D eigenvalue weighted by Gasteiger charge is -2.18. The maximum atomic E-state index is 5.91. The zero-order chi connectivity index (χ0) is 12.0. The van der Waals surface area contributed by atoms with E-state index in [1.165, 1.54) is 11.1 Å². The number of benzene rings is 1. The molecule has 0 aliphatic heterocycles. The Kier molecular flexibility index (Phi) is 4.97. The van der Waals surface area contributed by atoms with Gasteiger partial charge in [-0.15, -0.1) is 0 Å². The van der Waals surface area contributed by atoms with E-state index >= 15 is 0 Å². The number of aryl methyl sites for hydroxylation is 1. The molecular weight excluding hydrogens is 196 g/mol. The van der Waals surface area contributed by atoms with E-state index in [0.29, 0.717) is 0 Å². The van der Waals surface area contributed by atoms with Gasteiger partial charge in [0.25, 0.3) is 0 Å². The minimum Gasteiger partial charge on any atom is -0.326 e. The van der Waals surface area contributed by atoms with Crippen LogP contribution >= 0.6 is 0 Å². The summed E-state index contributed by atoms with van der Waals surface area (Å²) < 4.78 is 0. The molecule has 0 amide bonds. The molecule has 1 rings (SSSR count). The van der Waals surface area contributed by atoms with Crippen molar-refractivity contribution < 1.29 is 0 Å². The van der Waals surface area contributed by atoms with Gasteiger partial charge in [0.2, 0.25) is 0 Å². The summed E-state index contributed by atoms with van der Waals surface area (Å²) in [5.74, 6) is 0. The summed E-state index contributed by atoms with van der Waals surface area (Å²) in [6.07, 6.45) is 2.10. The standard InChI is InChI=1S/C14H24N2/c1-12-4-6-13(7-5-12)8-10-16-11-9-14(2,3)15/h4-7,16H,8-11,15H2,1-3H3. The normalized spacial score (nSPS) is 11.8. The smallest absolute Gasteiger partial charge is 0.0109 e. The van der Waals surface area contributed by atoms with Gasteiger partial charge in [0, 0.05) is 5.54 Å². The van der Waals surface area contributed by atoms with Crippen LogP contribution in [-0.2, 0) is 6.42 Å². The van der Waals surface area contributed by atoms with Crippen molar-refractivity contribution in [2.24, 2.45) is 5.73 Å². The molecule has 2 heteroatoms. The van der Waals surface area contributed by atoms with Crippen molar-refractivity contribution >= 4 is 0 Å². The minimum atomic E-state index is -0.0587. The summed E-state index contributed by atoms with van der Waals surface area (Å²) in [7, 11) is 0. The molecule has 0 unspecified atom stereocenters. The third-order valence-electron chi connectivity index (χ3n) is 2.66. The van der Waals surface area contributed by atoms with Crippen molar-refractivity contribution in [2.45, 2.75) is 39.2 Å². The van der Waals surface area contributed by atoms with E-state index < -0.39 is 0 Å². The molecular formula is C14H24N2. The molecule has 0 fully saturated rings. The van der Waals surface area contributed by atoms with E-state index in [0.717, 1.165) is 25.9 Å². The summed E-state index contributed by atoms with van der Waals surface area (Å²) in [4.78, 5) is 0. The van der Waals surface area contributed by atoms with Crippen LogP contribution in [-0.4, -0.2) is 18.6 Å². The van der Waals surface area contributed by atoms with E-state index in [1.807, 2.05) is 0 Å². The Morgan fingerprint density at radius 1 is 1.12 bits per heavy atom. The Bertz CT molecular complexity index is 296. The zero-order valence-electron chi connectivity index (χ0n) is 10.7. The number of rotatable bonds is 6. The van der Waals surface area contributed by atoms with Crippen LogP contribution in [0.4, 0.5) is 0 Å². The van der Waals surface area contributed by atoms with Gasteiger partial charge in [-0.3, -0.25) is 0 Å². The van der Waals surface area contributed by atoms with Crippen LogP contribution in [0, 0.1) is 6.92 Å². The highest BCUT2D eigenvalue weighted by atomic mass is 14.9. The highest BCUT2D eigenvalue weighted by Crippen LogP contribution is 2.04. The number of nitrogens with one attached hydrogen (secondary N) is 1. The topological polar surface area (TPSA) is 38.0 Å². The number of hydrogen-bond acceptors (Lipinski definition) is 2. The molecule has 0 radical (unpaired) electrons. The quantitative estimate of drug-likeness (QED) is 0.722. The summed E-state index contributed by atoms with van der Waals surface area (Å²) >= 11 is 0. The van der Waals surface area contributed by atoms with Crippen LogP contribution in [0.5, 0.6) is 0 Å². The van der Waals surface area contributed by atoms with Crippen molar-refractivity contribution in [2.75, 3.05) is 13.1 Å². The summed E-state index contributed by atoms with van der Waals surface area (Å²) in [5.41, 5.74) is 8.56. The fourth-order valence-electron chi connectivity index (χ4n) is 1.52. The van der Waals surface area contributed by atoms with Crippen molar-refractivity contribution in [1.29, 1.82) is 0 Å². The van der Waals surface area contributed by atoms with Crippen LogP contribution in [0.25, 0.3) is 0 Å². The number of hydrogen-bond donors (Lipinski definition) is 2. The molecule has 16 heavy (non-hydrogen) atoms. The fraction of sp³-hybridized carbons (Fsp3) is 0.571. The Labute approximate surface area is 99.2 Å². The third-order valence-corrected chi connectivity index (χ3v) is 2.66. The van der Waals surface area contributed by atoms with Crippen LogP contribution in [0.3, 0.4) is 0 Å². The summed E-state index contributed by atoms with van der Waals surface area (Å²) in [6, 6.07) is 8.73. The van der Waals surface area contributed by atoms with Gasteiger partial charge in [-0.25, -0.2) is 0 Å². The van der Waals surface area contributed by atoms with Crippen molar-refractivity contribution in [1.82, 2.24) is 5.32 Å². The van der Waals surface area contributed by atoms with Gasteiger partial charge in [0.05, 0.1) is 0 Å². The second-order valence-electron chi connectivity index (χ2n) is 5.22. The van der Waals surface area contributed by atoms with E-state index in [-0.39, 0.29) is 5.54 Å². The predicted octanol–water partition coefficient (Wildman–Crippen LogP) is 2.25. The van der Waals surface area contributed by atoms with E-state index in [4.69, 9.17) is 5.73 Å². The highest BCUT2D eigenvalue weighted by Gasteiger charge is 2.08. The molecule has 2 nitrogen and oxygen atoms in total. The van der Waals surface area contributed by atoms with Crippen molar-refractivity contribution in [3.05, 3.63) is 35.4 Å². The maximum absolute atomic E-state index is 5.91. The van der Waals surface area contributed by atoms with Gasteiger partial charge in [0.15, 0.2) is 0 Å². The summed E-state index contributed by atoms with van der Waals surface area (Å²) in [5, 5.41) is 3.43. The van der Waals surface area contributed by atoms with E-state index in [9.17, 15) is 0 Å². The first-order valence-electron chi connectivity index (χ1n) is 6.02. The SMILES string of the molecule is Cc1ccc(CCNCCC(C)(C)N)cc1. The Hall–Kier alpha value is -0.860. The lowest BCUT2D eigenvalue weighted by Crippen LogP contribution is -2.36. The molecule has 1 aromatic carbocycles. The molecule has 0 saturated carbocycles. The number of nitrogens with two attached hydrogens (primary N) is 1. The largest absolute Gasteiger partial charge is 0.326 e. The first kappa shape index (κ1) is 13.2. The van der Waals surface area contributed by atoms with Crippen LogP contribution in [0.2, 0.25) is 0 Å². The fourth-order valence-corrected chi connectivity index (χ4v) is 1.52. The molecule has 0 spiro atoms. The molecule has 0 aliphatic rings. The minimum absolute atomic E-state index is 0.0587. The Morgan fingerprint density at radius 2 is 1.75 bits per heavy atom. The molecule has 0 aromatic heterocycles. The van der Waals surface area contributed by atoms with Gasteiger partial charge < -0.3 is 11.1 Å². The molecule has 0 saturated heterocycles. The first-order valence-corrected chi connectivity index (χ1v) is 6.02. The van der Waals surface area contributed by atoms with Crippen LogP contribution in [0.15, 0.2) is 24.3 Å². The van der Waals surface area contributed by atoms with Crippen LogP contribution < -0.4 is 11.1 Å². The zero-order valence-corrected chi connectivity index (χ0v) is 10.7. The average Bonchev–Trinajstić information content (AvgIpc) is 2.19. The first-order chi connectivity index (χ1) is 7.47. The van der Waals surface area contributed by atoms with Gasteiger partial charge in [-0.2, -0.15) is 0 Å². The molecule has 0 heterocycles. The second-order valence-corrected chi connectivity index (χ2v) is 5.22. The van der Waals surface area contributed by atoms with Gasteiger partial charge >= 0.3 is 0 Å². The molecule has 90 valence electrons. The Morgan fingerprint density at radius 3 is 2.31 bits per heavy atom. The third kappa shape index (κ3) is 5.89. The van der Waals surface area contributed by atoms with E-state index in [2.05, 4.69) is 50.4 Å². The molecule has 0 bridgehead atoms. The highest BCUT2D eigenvalue weighted by molar-refractivity contribution is 5.21. The van der Waals surface area contributed by atoms with Gasteiger partial charge in [-0.1, -0.05) is 29.8 Å². The van der Waals surface area contributed by atoms with E-state index in [1.54, 1.807) is 0 Å².